The molecule has 2 aromatic carbocycles. The Balaban J connectivity index is 2.33. The van der Waals surface area contributed by atoms with Gasteiger partial charge in [-0.2, -0.15) is 0 Å². The number of carbonyl (C=O) groups is 2. The monoisotopic (exact) mass is 420 g/mol. The van der Waals surface area contributed by atoms with E-state index in [0.29, 0.717) is 4.90 Å². The van der Waals surface area contributed by atoms with Crippen LogP contribution in [-0.4, -0.2) is 40.9 Å². The van der Waals surface area contributed by atoms with Crippen LogP contribution in [-0.2, 0) is 9.53 Å². The van der Waals surface area contributed by atoms with E-state index in [1.165, 1.54) is 31.3 Å². The molecule has 1 amide bonds. The Kier molecular flexibility index (Phi) is 6.97. The van der Waals surface area contributed by atoms with Gasteiger partial charge in [0, 0.05) is 29.0 Å². The molecular weight excluding hydrogens is 399 g/mol. The van der Waals surface area contributed by atoms with Gasteiger partial charge in [-0.1, -0.05) is 23.9 Å². The van der Waals surface area contributed by atoms with E-state index >= 15 is 0 Å². The molecule has 0 aliphatic rings. The molecule has 0 fully saturated rings. The van der Waals surface area contributed by atoms with Crippen LogP contribution in [0.2, 0.25) is 0 Å². The van der Waals surface area contributed by atoms with Crippen molar-refractivity contribution in [3.8, 4) is 0 Å². The predicted octanol–water partition coefficient (Wildman–Crippen LogP) is 4.30. The lowest BCUT2D eigenvalue weighted by Crippen LogP contribution is -2.36. The summed E-state index contributed by atoms with van der Waals surface area (Å²) in [4.78, 5) is 37.2. The Hall–Kier alpha value is -2.94. The molecule has 0 saturated heterocycles. The van der Waals surface area contributed by atoms with E-state index in [1.807, 2.05) is 0 Å². The topological polar surface area (TPSA) is 89.8 Å². The minimum absolute atomic E-state index is 0.00138. The molecule has 0 unspecified atom stereocenters. The van der Waals surface area contributed by atoms with E-state index in [4.69, 9.17) is 4.74 Å². The highest BCUT2D eigenvalue weighted by Gasteiger charge is 2.24. The lowest BCUT2D eigenvalue weighted by Gasteiger charge is -2.23. The quantitative estimate of drug-likeness (QED) is 0.393. The lowest BCUT2D eigenvalue weighted by molar-refractivity contribution is -0.384. The second-order valence-electron chi connectivity index (χ2n) is 7.22. The summed E-state index contributed by atoms with van der Waals surface area (Å²) >= 11 is 0.975. The van der Waals surface area contributed by atoms with Gasteiger partial charge in [-0.05, 0) is 39.0 Å². The fourth-order valence-electron chi connectivity index (χ4n) is 2.38. The van der Waals surface area contributed by atoms with Crippen molar-refractivity contribution in [2.24, 2.45) is 0 Å². The molecule has 154 valence electrons. The average Bonchev–Trinajstić information content (AvgIpc) is 2.61. The molecule has 7 nitrogen and oxygen atoms in total. The summed E-state index contributed by atoms with van der Waals surface area (Å²) < 4.78 is 19.2. The molecule has 0 N–H and O–H groups in total. The van der Waals surface area contributed by atoms with Gasteiger partial charge in [0.1, 0.15) is 18.0 Å². The number of ether oxygens (including phenoxy) is 1. The maximum atomic E-state index is 14.0. The number of non-ortho nitro benzene ring substituents is 1. The van der Waals surface area contributed by atoms with Crippen LogP contribution in [0, 0.1) is 15.9 Å². The highest BCUT2D eigenvalue weighted by atomic mass is 32.2. The summed E-state index contributed by atoms with van der Waals surface area (Å²) in [5.41, 5.74) is -0.992. The Morgan fingerprint density at radius 1 is 1.17 bits per heavy atom. The van der Waals surface area contributed by atoms with Gasteiger partial charge in [0.2, 0.25) is 0 Å². The molecule has 0 aliphatic heterocycles. The largest absolute Gasteiger partial charge is 0.459 e. The van der Waals surface area contributed by atoms with Crippen LogP contribution in [0.1, 0.15) is 31.1 Å². The van der Waals surface area contributed by atoms with Crippen molar-refractivity contribution in [3.05, 3.63) is 64.0 Å². The zero-order valence-corrected chi connectivity index (χ0v) is 17.3. The molecule has 2 rings (SSSR count). The molecule has 0 spiro atoms. The van der Waals surface area contributed by atoms with E-state index < -0.39 is 28.2 Å². The van der Waals surface area contributed by atoms with Crippen molar-refractivity contribution in [1.29, 1.82) is 0 Å². The summed E-state index contributed by atoms with van der Waals surface area (Å²) in [5.74, 6) is -1.70. The molecule has 0 atom stereocenters. The van der Waals surface area contributed by atoms with E-state index in [-0.39, 0.29) is 22.7 Å². The molecule has 0 bridgehead atoms. The van der Waals surface area contributed by atoms with E-state index in [0.717, 1.165) is 22.7 Å². The summed E-state index contributed by atoms with van der Waals surface area (Å²) in [6.07, 6.45) is 0. The first kappa shape index (κ1) is 22.4. The maximum absolute atomic E-state index is 14.0. The van der Waals surface area contributed by atoms with Gasteiger partial charge in [-0.3, -0.25) is 19.7 Å². The number of likely N-dealkylation sites (N-methyl/N-ethyl adjacent to an activating group) is 1. The van der Waals surface area contributed by atoms with Crippen LogP contribution in [0.5, 0.6) is 0 Å². The molecule has 29 heavy (non-hydrogen) atoms. The van der Waals surface area contributed by atoms with Crippen LogP contribution in [0.3, 0.4) is 0 Å². The molecule has 0 radical (unpaired) electrons. The third-order valence-electron chi connectivity index (χ3n) is 3.59. The SMILES string of the molecule is CN(CC(=O)OC(C)(C)C)C(=O)c1cc([N+](=O)[O-])ccc1Sc1ccccc1F. The van der Waals surface area contributed by atoms with Gasteiger partial charge in [0.25, 0.3) is 11.6 Å². The molecular formula is C20H21FN2O5S. The van der Waals surface area contributed by atoms with E-state index in [1.54, 1.807) is 32.9 Å². The van der Waals surface area contributed by atoms with Gasteiger partial charge in [0.05, 0.1) is 10.5 Å². The second kappa shape index (κ2) is 9.04. The number of nitrogens with zero attached hydrogens (tertiary/aromatic N) is 2. The number of carbonyl (C=O) groups excluding carboxylic acids is 2. The van der Waals surface area contributed by atoms with Crippen molar-refractivity contribution >= 4 is 29.3 Å². The average molecular weight is 420 g/mol. The number of halogens is 1. The number of amides is 1. The number of hydrogen-bond donors (Lipinski definition) is 0. The van der Waals surface area contributed by atoms with Crippen LogP contribution >= 0.6 is 11.8 Å². The second-order valence-corrected chi connectivity index (χ2v) is 8.30. The van der Waals surface area contributed by atoms with Gasteiger partial charge in [0.15, 0.2) is 0 Å². The zero-order valence-electron chi connectivity index (χ0n) is 16.5. The summed E-state index contributed by atoms with van der Waals surface area (Å²) in [6, 6.07) is 9.77. The first-order valence-corrected chi connectivity index (χ1v) is 9.47. The van der Waals surface area contributed by atoms with Crippen molar-refractivity contribution in [2.75, 3.05) is 13.6 Å². The van der Waals surface area contributed by atoms with Crippen molar-refractivity contribution in [2.45, 2.75) is 36.2 Å². The minimum atomic E-state index is -0.710. The van der Waals surface area contributed by atoms with E-state index in [2.05, 4.69) is 0 Å². The van der Waals surface area contributed by atoms with E-state index in [9.17, 15) is 24.1 Å². The normalized spacial score (nSPS) is 11.1. The number of benzene rings is 2. The van der Waals surface area contributed by atoms with Crippen molar-refractivity contribution in [3.63, 3.8) is 0 Å². The van der Waals surface area contributed by atoms with Crippen LogP contribution < -0.4 is 0 Å². The summed E-state index contributed by atoms with van der Waals surface area (Å²) in [5, 5.41) is 11.1. The number of esters is 1. The summed E-state index contributed by atoms with van der Waals surface area (Å²) in [7, 11) is 1.39. The molecule has 9 heteroatoms. The third-order valence-corrected chi connectivity index (χ3v) is 4.72. The molecule has 0 saturated carbocycles. The number of nitro benzene ring substituents is 1. The van der Waals surface area contributed by atoms with Gasteiger partial charge in [-0.15, -0.1) is 0 Å². The predicted molar refractivity (Wildman–Crippen MR) is 106 cm³/mol. The number of hydrogen-bond acceptors (Lipinski definition) is 6. The first-order chi connectivity index (χ1) is 13.5. The zero-order chi connectivity index (χ0) is 21.8. The number of nitro groups is 1. The fraction of sp³-hybridized carbons (Fsp3) is 0.300. The molecule has 2 aromatic rings. The Morgan fingerprint density at radius 3 is 2.41 bits per heavy atom. The highest BCUT2D eigenvalue weighted by molar-refractivity contribution is 7.99. The van der Waals surface area contributed by atoms with Crippen molar-refractivity contribution < 1.29 is 23.6 Å². The standard InChI is InChI=1S/C20H21FN2O5S/c1-20(2,3)28-18(24)12-22(4)19(25)14-11-13(23(26)27)9-10-16(14)29-17-8-6-5-7-15(17)21/h5-11H,12H2,1-4H3. The summed E-state index contributed by atoms with van der Waals surface area (Å²) in [6.45, 7) is 4.78. The Bertz CT molecular complexity index is 943. The first-order valence-electron chi connectivity index (χ1n) is 8.66. The fourth-order valence-corrected chi connectivity index (χ4v) is 3.32. The Labute approximate surface area is 172 Å². The third kappa shape index (κ3) is 6.28. The number of rotatable bonds is 6. The van der Waals surface area contributed by atoms with Gasteiger partial charge in [-0.25, -0.2) is 4.39 Å². The van der Waals surface area contributed by atoms with Crippen LogP contribution in [0.15, 0.2) is 52.3 Å². The maximum Gasteiger partial charge on any atom is 0.326 e. The minimum Gasteiger partial charge on any atom is -0.459 e. The molecule has 0 heterocycles. The van der Waals surface area contributed by atoms with Gasteiger partial charge >= 0.3 is 5.97 Å². The van der Waals surface area contributed by atoms with Crippen molar-refractivity contribution in [1.82, 2.24) is 4.90 Å². The lowest BCUT2D eigenvalue weighted by atomic mass is 10.1. The van der Waals surface area contributed by atoms with Crippen LogP contribution in [0.25, 0.3) is 0 Å². The Morgan fingerprint density at radius 2 is 1.83 bits per heavy atom. The van der Waals surface area contributed by atoms with Gasteiger partial charge < -0.3 is 9.64 Å². The molecule has 0 aliphatic carbocycles. The highest BCUT2D eigenvalue weighted by Crippen LogP contribution is 2.34. The smallest absolute Gasteiger partial charge is 0.326 e. The van der Waals surface area contributed by atoms with Crippen LogP contribution in [0.4, 0.5) is 10.1 Å². The molecule has 0 aromatic heterocycles.